The Morgan fingerprint density at radius 3 is 3.00 bits per heavy atom. The van der Waals surface area contributed by atoms with Crippen molar-refractivity contribution in [1.82, 2.24) is 0 Å². The smallest absolute Gasteiger partial charge is 0.227 e. The fourth-order valence-corrected chi connectivity index (χ4v) is 2.03. The van der Waals surface area contributed by atoms with Crippen molar-refractivity contribution in [3.63, 3.8) is 0 Å². The molecule has 0 aliphatic heterocycles. The zero-order valence-electron chi connectivity index (χ0n) is 9.09. The van der Waals surface area contributed by atoms with Crippen molar-refractivity contribution in [2.75, 3.05) is 6.61 Å². The summed E-state index contributed by atoms with van der Waals surface area (Å²) < 4.78 is 10.3. The molecule has 2 aromatic rings. The molecular formula is C12H12O4S. The number of hydrogen-bond acceptors (Lipinski definition) is 5. The molecule has 1 N–H and O–H groups in total. The zero-order chi connectivity index (χ0) is 12.1. The number of rotatable bonds is 5. The van der Waals surface area contributed by atoms with Gasteiger partial charge in [-0.1, -0.05) is 6.07 Å². The molecule has 0 saturated heterocycles. The Labute approximate surface area is 102 Å². The van der Waals surface area contributed by atoms with Crippen LogP contribution in [0.1, 0.15) is 10.6 Å². The van der Waals surface area contributed by atoms with Crippen molar-refractivity contribution in [3.05, 3.63) is 50.7 Å². The summed E-state index contributed by atoms with van der Waals surface area (Å²) in [4.78, 5) is 12.7. The van der Waals surface area contributed by atoms with E-state index in [1.807, 2.05) is 17.5 Å². The molecule has 0 spiro atoms. The van der Waals surface area contributed by atoms with Crippen LogP contribution in [-0.4, -0.2) is 11.7 Å². The summed E-state index contributed by atoms with van der Waals surface area (Å²) in [5.41, 5.74) is -0.272. The highest BCUT2D eigenvalue weighted by Gasteiger charge is 2.04. The summed E-state index contributed by atoms with van der Waals surface area (Å²) in [6.07, 6.45) is 2.00. The van der Waals surface area contributed by atoms with Crippen LogP contribution in [0.4, 0.5) is 0 Å². The lowest BCUT2D eigenvalue weighted by atomic mass is 10.3. The molecule has 0 unspecified atom stereocenters. The van der Waals surface area contributed by atoms with E-state index >= 15 is 0 Å². The minimum absolute atomic E-state index is 0.179. The van der Waals surface area contributed by atoms with E-state index in [2.05, 4.69) is 0 Å². The van der Waals surface area contributed by atoms with E-state index in [9.17, 15) is 4.79 Å². The molecule has 4 nitrogen and oxygen atoms in total. The van der Waals surface area contributed by atoms with Gasteiger partial charge in [0, 0.05) is 17.4 Å². The van der Waals surface area contributed by atoms with Crippen LogP contribution in [0.2, 0.25) is 0 Å². The van der Waals surface area contributed by atoms with E-state index in [0.29, 0.717) is 6.61 Å². The topological polar surface area (TPSA) is 59.7 Å². The van der Waals surface area contributed by atoms with E-state index in [-0.39, 0.29) is 23.5 Å². The highest BCUT2D eigenvalue weighted by Crippen LogP contribution is 2.10. The van der Waals surface area contributed by atoms with Crippen molar-refractivity contribution < 1.29 is 14.3 Å². The van der Waals surface area contributed by atoms with Crippen LogP contribution in [0, 0.1) is 0 Å². The van der Waals surface area contributed by atoms with Crippen LogP contribution in [-0.2, 0) is 13.0 Å². The van der Waals surface area contributed by atoms with E-state index in [1.54, 1.807) is 11.3 Å². The summed E-state index contributed by atoms with van der Waals surface area (Å²) in [5, 5.41) is 10.8. The second-order valence-corrected chi connectivity index (χ2v) is 4.44. The van der Waals surface area contributed by atoms with Gasteiger partial charge in [0.15, 0.2) is 0 Å². The molecule has 0 aromatic carbocycles. The molecule has 0 saturated carbocycles. The first-order chi connectivity index (χ1) is 8.29. The Balaban J connectivity index is 1.93. The van der Waals surface area contributed by atoms with E-state index in [4.69, 9.17) is 14.3 Å². The molecule has 2 rings (SSSR count). The van der Waals surface area contributed by atoms with Crippen LogP contribution in [0.5, 0.6) is 5.75 Å². The molecule has 0 amide bonds. The molecule has 0 aliphatic rings. The van der Waals surface area contributed by atoms with Crippen LogP contribution >= 0.6 is 11.3 Å². The number of ether oxygens (including phenoxy) is 1. The quantitative estimate of drug-likeness (QED) is 0.881. The van der Waals surface area contributed by atoms with Gasteiger partial charge >= 0.3 is 0 Å². The number of aliphatic hydroxyl groups is 1. The summed E-state index contributed by atoms with van der Waals surface area (Å²) in [6, 6.07) is 5.23. The highest BCUT2D eigenvalue weighted by molar-refractivity contribution is 7.09. The maximum atomic E-state index is 11.5. The number of thiophene rings is 1. The summed E-state index contributed by atoms with van der Waals surface area (Å²) in [7, 11) is 0. The third kappa shape index (κ3) is 3.18. The molecule has 0 atom stereocenters. The van der Waals surface area contributed by atoms with Gasteiger partial charge in [-0.05, 0) is 11.4 Å². The molecule has 2 heterocycles. The first-order valence-electron chi connectivity index (χ1n) is 5.17. The lowest BCUT2D eigenvalue weighted by Gasteiger charge is -2.04. The van der Waals surface area contributed by atoms with E-state index in [0.717, 1.165) is 6.42 Å². The van der Waals surface area contributed by atoms with Gasteiger partial charge in [-0.2, -0.15) is 0 Å². The Morgan fingerprint density at radius 2 is 2.35 bits per heavy atom. The van der Waals surface area contributed by atoms with Crippen molar-refractivity contribution in [3.8, 4) is 5.75 Å². The third-order valence-electron chi connectivity index (χ3n) is 2.19. The molecule has 90 valence electrons. The third-order valence-corrected chi connectivity index (χ3v) is 3.13. The molecule has 0 fully saturated rings. The Morgan fingerprint density at radius 1 is 1.47 bits per heavy atom. The largest absolute Gasteiger partial charge is 0.486 e. The number of hydrogen-bond donors (Lipinski definition) is 1. The van der Waals surface area contributed by atoms with Gasteiger partial charge in [0.25, 0.3) is 0 Å². The van der Waals surface area contributed by atoms with Crippen molar-refractivity contribution in [1.29, 1.82) is 0 Å². The molecule has 2 aromatic heterocycles. The molecule has 0 radical (unpaired) electrons. The van der Waals surface area contributed by atoms with Gasteiger partial charge < -0.3 is 14.3 Å². The normalized spacial score (nSPS) is 10.4. The summed E-state index contributed by atoms with van der Waals surface area (Å²) in [6.45, 7) is 0.147. The Hall–Kier alpha value is -1.59. The first kappa shape index (κ1) is 11.9. The molecule has 17 heavy (non-hydrogen) atoms. The first-order valence-corrected chi connectivity index (χ1v) is 6.05. The Bertz CT molecular complexity index is 516. The monoisotopic (exact) mass is 252 g/mol. The predicted molar refractivity (Wildman–Crippen MR) is 64.4 cm³/mol. The SMILES string of the molecule is O=c1cc(CO)occ1OCCc1cccs1. The lowest BCUT2D eigenvalue weighted by molar-refractivity contribution is 0.237. The lowest BCUT2D eigenvalue weighted by Crippen LogP contribution is -2.10. The maximum Gasteiger partial charge on any atom is 0.227 e. The molecular weight excluding hydrogens is 240 g/mol. The maximum absolute atomic E-state index is 11.5. The Kier molecular flexibility index (Phi) is 3.95. The average Bonchev–Trinajstić information content (AvgIpc) is 2.84. The fraction of sp³-hybridized carbons (Fsp3) is 0.250. The minimum Gasteiger partial charge on any atom is -0.486 e. The van der Waals surface area contributed by atoms with Crippen LogP contribution in [0.15, 0.2) is 39.1 Å². The van der Waals surface area contributed by atoms with E-state index in [1.165, 1.54) is 17.2 Å². The zero-order valence-corrected chi connectivity index (χ0v) is 9.90. The molecule has 0 bridgehead atoms. The highest BCUT2D eigenvalue weighted by atomic mass is 32.1. The van der Waals surface area contributed by atoms with Crippen molar-refractivity contribution >= 4 is 11.3 Å². The fourth-order valence-electron chi connectivity index (χ4n) is 1.34. The minimum atomic E-state index is -0.287. The van der Waals surface area contributed by atoms with Gasteiger partial charge in [0.1, 0.15) is 18.6 Å². The van der Waals surface area contributed by atoms with Gasteiger partial charge in [-0.15, -0.1) is 11.3 Å². The predicted octanol–water partition coefficient (Wildman–Crippen LogP) is 1.82. The van der Waals surface area contributed by atoms with E-state index < -0.39 is 0 Å². The standard InChI is InChI=1S/C12H12O4S/c13-7-9-6-11(14)12(8-16-9)15-4-3-10-2-1-5-17-10/h1-2,5-6,8,13H,3-4,7H2. The summed E-state index contributed by atoms with van der Waals surface area (Å²) in [5.74, 6) is 0.416. The molecule has 0 aliphatic carbocycles. The van der Waals surface area contributed by atoms with Gasteiger partial charge in [-0.3, -0.25) is 4.79 Å². The van der Waals surface area contributed by atoms with Gasteiger partial charge in [0.05, 0.1) is 6.61 Å². The van der Waals surface area contributed by atoms with Crippen LogP contribution < -0.4 is 10.2 Å². The van der Waals surface area contributed by atoms with Crippen LogP contribution in [0.25, 0.3) is 0 Å². The number of aliphatic hydroxyl groups excluding tert-OH is 1. The van der Waals surface area contributed by atoms with Gasteiger partial charge in [0.2, 0.25) is 11.2 Å². The average molecular weight is 252 g/mol. The van der Waals surface area contributed by atoms with Crippen molar-refractivity contribution in [2.45, 2.75) is 13.0 Å². The van der Waals surface area contributed by atoms with Crippen molar-refractivity contribution in [2.24, 2.45) is 0 Å². The summed E-state index contributed by atoms with van der Waals surface area (Å²) >= 11 is 1.65. The second kappa shape index (κ2) is 5.65. The van der Waals surface area contributed by atoms with Gasteiger partial charge in [-0.25, -0.2) is 0 Å². The molecule has 5 heteroatoms. The van der Waals surface area contributed by atoms with Crippen LogP contribution in [0.3, 0.4) is 0 Å². The second-order valence-electron chi connectivity index (χ2n) is 3.41.